The third-order valence-electron chi connectivity index (χ3n) is 5.38. The van der Waals surface area contributed by atoms with Gasteiger partial charge in [0.15, 0.2) is 5.79 Å². The van der Waals surface area contributed by atoms with E-state index in [2.05, 4.69) is 9.97 Å². The molecule has 148 valence electrons. The standard InChI is InChI=1S/C20H24N4O4/c1-14-3-6-24(13-16-12-21-15(2)11-22-16)19(26)17(14)18(25)23-7-4-20(5-8-23)27-9-10-28-20/h3,6,11-12H,4-5,7-10,13H2,1-2H3. The number of likely N-dealkylation sites (tertiary alicyclic amines) is 1. The van der Waals surface area contributed by atoms with Crippen molar-refractivity contribution in [3.63, 3.8) is 0 Å². The first kappa shape index (κ1) is 18.8. The first-order valence-electron chi connectivity index (χ1n) is 9.52. The molecular weight excluding hydrogens is 360 g/mol. The number of aromatic nitrogens is 3. The average Bonchev–Trinajstić information content (AvgIpc) is 3.14. The van der Waals surface area contributed by atoms with Crippen molar-refractivity contribution in [2.45, 2.75) is 39.0 Å². The number of pyridine rings is 1. The van der Waals surface area contributed by atoms with Gasteiger partial charge in [0, 0.05) is 38.3 Å². The molecule has 0 aliphatic carbocycles. The molecule has 0 atom stereocenters. The topological polar surface area (TPSA) is 86.5 Å². The Bertz CT molecular complexity index is 922. The third kappa shape index (κ3) is 3.57. The number of rotatable bonds is 3. The lowest BCUT2D eigenvalue weighted by Gasteiger charge is -2.37. The summed E-state index contributed by atoms with van der Waals surface area (Å²) in [5.41, 5.74) is 2.07. The Morgan fingerprint density at radius 2 is 1.86 bits per heavy atom. The number of aryl methyl sites for hydroxylation is 2. The summed E-state index contributed by atoms with van der Waals surface area (Å²) in [5.74, 6) is -0.785. The lowest BCUT2D eigenvalue weighted by Crippen LogP contribution is -2.48. The van der Waals surface area contributed by atoms with Gasteiger partial charge in [0.2, 0.25) is 0 Å². The molecule has 0 saturated carbocycles. The fourth-order valence-corrected chi connectivity index (χ4v) is 3.72. The lowest BCUT2D eigenvalue weighted by molar-refractivity contribution is -0.181. The van der Waals surface area contributed by atoms with E-state index >= 15 is 0 Å². The monoisotopic (exact) mass is 384 g/mol. The number of piperidine rings is 1. The maximum Gasteiger partial charge on any atom is 0.264 e. The summed E-state index contributed by atoms with van der Waals surface area (Å²) in [6.07, 6.45) is 6.25. The fourth-order valence-electron chi connectivity index (χ4n) is 3.72. The van der Waals surface area contributed by atoms with E-state index in [1.165, 1.54) is 4.57 Å². The second-order valence-electron chi connectivity index (χ2n) is 7.36. The van der Waals surface area contributed by atoms with Crippen molar-refractivity contribution >= 4 is 5.91 Å². The summed E-state index contributed by atoms with van der Waals surface area (Å²) >= 11 is 0. The highest BCUT2D eigenvalue weighted by Crippen LogP contribution is 2.31. The summed E-state index contributed by atoms with van der Waals surface area (Å²) in [6.45, 7) is 6.13. The summed E-state index contributed by atoms with van der Waals surface area (Å²) < 4.78 is 12.9. The predicted octanol–water partition coefficient (Wildman–Crippen LogP) is 1.28. The fraction of sp³-hybridized carbons (Fsp3) is 0.500. The smallest absolute Gasteiger partial charge is 0.264 e. The SMILES string of the molecule is Cc1cnc(Cn2ccc(C)c(C(=O)N3CCC4(CC3)OCCO4)c2=O)cn1. The molecular formula is C20H24N4O4. The minimum atomic E-state index is -0.549. The molecule has 2 aromatic rings. The van der Waals surface area contributed by atoms with Crippen LogP contribution in [0.3, 0.4) is 0 Å². The molecule has 4 heterocycles. The van der Waals surface area contributed by atoms with Crippen molar-refractivity contribution in [1.82, 2.24) is 19.4 Å². The summed E-state index contributed by atoms with van der Waals surface area (Å²) in [5, 5.41) is 0. The van der Waals surface area contributed by atoms with Crippen molar-refractivity contribution < 1.29 is 14.3 Å². The minimum Gasteiger partial charge on any atom is -0.347 e. The molecule has 1 amide bonds. The van der Waals surface area contributed by atoms with Gasteiger partial charge in [0.05, 0.1) is 37.3 Å². The Morgan fingerprint density at radius 1 is 1.14 bits per heavy atom. The number of carbonyl (C=O) groups is 1. The molecule has 8 nitrogen and oxygen atoms in total. The van der Waals surface area contributed by atoms with Crippen LogP contribution in [0.1, 0.15) is 40.2 Å². The Kier molecular flexibility index (Phi) is 4.99. The van der Waals surface area contributed by atoms with Crippen LogP contribution in [-0.2, 0) is 16.0 Å². The van der Waals surface area contributed by atoms with Crippen LogP contribution in [0.2, 0.25) is 0 Å². The van der Waals surface area contributed by atoms with Gasteiger partial charge in [0.1, 0.15) is 5.56 Å². The van der Waals surface area contributed by atoms with Crippen LogP contribution in [0.15, 0.2) is 29.5 Å². The zero-order valence-electron chi connectivity index (χ0n) is 16.2. The van der Waals surface area contributed by atoms with Gasteiger partial charge in [-0.05, 0) is 25.5 Å². The van der Waals surface area contributed by atoms with E-state index in [0.29, 0.717) is 50.4 Å². The Morgan fingerprint density at radius 3 is 2.50 bits per heavy atom. The molecule has 28 heavy (non-hydrogen) atoms. The van der Waals surface area contributed by atoms with Crippen LogP contribution < -0.4 is 5.56 Å². The van der Waals surface area contributed by atoms with E-state index in [0.717, 1.165) is 5.69 Å². The molecule has 0 N–H and O–H groups in total. The second-order valence-corrected chi connectivity index (χ2v) is 7.36. The van der Waals surface area contributed by atoms with Crippen LogP contribution in [0, 0.1) is 13.8 Å². The number of hydrogen-bond donors (Lipinski definition) is 0. The summed E-state index contributed by atoms with van der Waals surface area (Å²) in [4.78, 5) is 36.3. The normalized spacial score (nSPS) is 18.6. The zero-order valence-corrected chi connectivity index (χ0v) is 16.2. The number of hydrogen-bond acceptors (Lipinski definition) is 6. The van der Waals surface area contributed by atoms with Crippen LogP contribution in [-0.4, -0.2) is 57.4 Å². The van der Waals surface area contributed by atoms with Crippen LogP contribution in [0.5, 0.6) is 0 Å². The molecule has 0 radical (unpaired) electrons. The molecule has 8 heteroatoms. The number of amides is 1. The van der Waals surface area contributed by atoms with Gasteiger partial charge in [-0.2, -0.15) is 0 Å². The average molecular weight is 384 g/mol. The second kappa shape index (κ2) is 7.44. The molecule has 2 fully saturated rings. The first-order chi connectivity index (χ1) is 13.5. The molecule has 0 bridgehead atoms. The van der Waals surface area contributed by atoms with Crippen molar-refractivity contribution in [1.29, 1.82) is 0 Å². The third-order valence-corrected chi connectivity index (χ3v) is 5.38. The van der Waals surface area contributed by atoms with Crippen LogP contribution in [0.4, 0.5) is 0 Å². The van der Waals surface area contributed by atoms with Crippen molar-refractivity contribution in [3.05, 3.63) is 57.5 Å². The van der Waals surface area contributed by atoms with Crippen molar-refractivity contribution in [3.8, 4) is 0 Å². The van der Waals surface area contributed by atoms with Crippen molar-refractivity contribution in [2.75, 3.05) is 26.3 Å². The van der Waals surface area contributed by atoms with Gasteiger partial charge in [-0.25, -0.2) is 0 Å². The van der Waals surface area contributed by atoms with Gasteiger partial charge < -0.3 is 18.9 Å². The summed E-state index contributed by atoms with van der Waals surface area (Å²) in [7, 11) is 0. The Labute approximate surface area is 163 Å². The Hall–Kier alpha value is -2.58. The molecule has 4 rings (SSSR count). The molecule has 1 spiro atoms. The van der Waals surface area contributed by atoms with Gasteiger partial charge in [-0.1, -0.05) is 0 Å². The van der Waals surface area contributed by atoms with Crippen molar-refractivity contribution in [2.24, 2.45) is 0 Å². The molecule has 2 aromatic heterocycles. The maximum atomic E-state index is 13.1. The minimum absolute atomic E-state index is 0.215. The molecule has 0 aromatic carbocycles. The van der Waals surface area contributed by atoms with Gasteiger partial charge in [0.25, 0.3) is 11.5 Å². The number of nitrogens with zero attached hydrogens (tertiary/aromatic N) is 4. The highest BCUT2D eigenvalue weighted by atomic mass is 16.7. The quantitative estimate of drug-likeness (QED) is 0.792. The van der Waals surface area contributed by atoms with E-state index in [1.54, 1.807) is 36.5 Å². The van der Waals surface area contributed by atoms with E-state index < -0.39 is 5.79 Å². The first-order valence-corrected chi connectivity index (χ1v) is 9.52. The highest BCUT2D eigenvalue weighted by molar-refractivity contribution is 5.95. The van der Waals surface area contributed by atoms with Crippen LogP contribution >= 0.6 is 0 Å². The van der Waals surface area contributed by atoms with E-state index in [9.17, 15) is 9.59 Å². The number of carbonyl (C=O) groups excluding carboxylic acids is 1. The number of ether oxygens (including phenoxy) is 2. The molecule has 2 aliphatic rings. The molecule has 0 unspecified atom stereocenters. The van der Waals surface area contributed by atoms with Gasteiger partial charge >= 0.3 is 0 Å². The zero-order chi connectivity index (χ0) is 19.7. The van der Waals surface area contributed by atoms with Gasteiger partial charge in [-0.15, -0.1) is 0 Å². The van der Waals surface area contributed by atoms with E-state index in [1.807, 2.05) is 6.92 Å². The molecule has 2 saturated heterocycles. The Balaban J connectivity index is 1.54. The lowest BCUT2D eigenvalue weighted by atomic mass is 10.0. The predicted molar refractivity (Wildman–Crippen MR) is 101 cm³/mol. The maximum absolute atomic E-state index is 13.1. The van der Waals surface area contributed by atoms with E-state index in [-0.39, 0.29) is 23.6 Å². The van der Waals surface area contributed by atoms with Gasteiger partial charge in [-0.3, -0.25) is 19.6 Å². The van der Waals surface area contributed by atoms with E-state index in [4.69, 9.17) is 9.47 Å². The summed E-state index contributed by atoms with van der Waals surface area (Å²) in [6, 6.07) is 1.80. The highest BCUT2D eigenvalue weighted by Gasteiger charge is 2.41. The largest absolute Gasteiger partial charge is 0.347 e. The molecule has 2 aliphatic heterocycles. The van der Waals surface area contributed by atoms with Crippen LogP contribution in [0.25, 0.3) is 0 Å².